The Morgan fingerprint density at radius 1 is 1.10 bits per heavy atom. The summed E-state index contributed by atoms with van der Waals surface area (Å²) in [5.74, 6) is 1.06. The third-order valence-corrected chi connectivity index (χ3v) is 2.69. The summed E-state index contributed by atoms with van der Waals surface area (Å²) in [5, 5.41) is 5.93. The van der Waals surface area contributed by atoms with Gasteiger partial charge >= 0.3 is 6.18 Å². The van der Waals surface area contributed by atoms with Gasteiger partial charge in [-0.25, -0.2) is 9.97 Å². The van der Waals surface area contributed by atoms with Crippen molar-refractivity contribution in [1.29, 1.82) is 0 Å². The van der Waals surface area contributed by atoms with Gasteiger partial charge in [0.05, 0.1) is 5.56 Å². The predicted molar refractivity (Wildman–Crippen MR) is 75.5 cm³/mol. The summed E-state index contributed by atoms with van der Waals surface area (Å²) >= 11 is 0. The normalized spacial score (nSPS) is 11.2. The maximum atomic E-state index is 12.6. The van der Waals surface area contributed by atoms with Crippen molar-refractivity contribution < 1.29 is 13.2 Å². The van der Waals surface area contributed by atoms with Crippen LogP contribution in [-0.2, 0) is 6.18 Å². The van der Waals surface area contributed by atoms with Crippen molar-refractivity contribution in [2.24, 2.45) is 0 Å². The second-order valence-electron chi connectivity index (χ2n) is 4.42. The van der Waals surface area contributed by atoms with E-state index in [4.69, 9.17) is 0 Å². The Bertz CT molecular complexity index is 599. The number of anilines is 3. The van der Waals surface area contributed by atoms with E-state index in [1.165, 1.54) is 12.4 Å². The molecule has 1 heterocycles. The molecule has 0 aliphatic carbocycles. The van der Waals surface area contributed by atoms with E-state index in [-0.39, 0.29) is 0 Å². The highest BCUT2D eigenvalue weighted by molar-refractivity contribution is 5.59. The number of aromatic nitrogens is 2. The summed E-state index contributed by atoms with van der Waals surface area (Å²) in [4.78, 5) is 8.02. The Morgan fingerprint density at radius 3 is 2.57 bits per heavy atom. The van der Waals surface area contributed by atoms with E-state index >= 15 is 0 Å². The largest absolute Gasteiger partial charge is 0.416 e. The van der Waals surface area contributed by atoms with E-state index < -0.39 is 11.7 Å². The van der Waals surface area contributed by atoms with E-state index in [2.05, 4.69) is 20.6 Å². The predicted octanol–water partition coefficient (Wildman–Crippen LogP) is 4.06. The highest BCUT2D eigenvalue weighted by atomic mass is 19.4. The Labute approximate surface area is 120 Å². The Balaban J connectivity index is 2.14. The molecule has 0 amide bonds. The monoisotopic (exact) mass is 296 g/mol. The number of halogens is 3. The zero-order valence-corrected chi connectivity index (χ0v) is 11.4. The highest BCUT2D eigenvalue weighted by Gasteiger charge is 2.30. The van der Waals surface area contributed by atoms with Gasteiger partial charge in [-0.1, -0.05) is 13.0 Å². The molecule has 7 heteroatoms. The topological polar surface area (TPSA) is 49.8 Å². The van der Waals surface area contributed by atoms with Crippen LogP contribution in [0.1, 0.15) is 18.9 Å². The molecule has 0 saturated carbocycles. The molecule has 4 nitrogen and oxygen atoms in total. The van der Waals surface area contributed by atoms with Gasteiger partial charge in [0.25, 0.3) is 0 Å². The third kappa shape index (κ3) is 4.34. The van der Waals surface area contributed by atoms with Crippen LogP contribution in [0.4, 0.5) is 30.5 Å². The number of hydrogen-bond acceptors (Lipinski definition) is 4. The molecule has 0 radical (unpaired) electrons. The second-order valence-corrected chi connectivity index (χ2v) is 4.42. The van der Waals surface area contributed by atoms with E-state index in [1.807, 2.05) is 6.92 Å². The van der Waals surface area contributed by atoms with E-state index in [1.54, 1.807) is 12.1 Å². The van der Waals surface area contributed by atoms with Gasteiger partial charge in [-0.2, -0.15) is 13.2 Å². The van der Waals surface area contributed by atoms with Gasteiger partial charge in [0.1, 0.15) is 18.0 Å². The first kappa shape index (κ1) is 15.1. The van der Waals surface area contributed by atoms with Crippen molar-refractivity contribution in [2.45, 2.75) is 19.5 Å². The van der Waals surface area contributed by atoms with Crippen LogP contribution >= 0.6 is 0 Å². The first-order valence-electron chi connectivity index (χ1n) is 6.49. The van der Waals surface area contributed by atoms with Crippen molar-refractivity contribution in [3.05, 3.63) is 42.2 Å². The van der Waals surface area contributed by atoms with Gasteiger partial charge in [-0.05, 0) is 24.6 Å². The lowest BCUT2D eigenvalue weighted by Crippen LogP contribution is -2.06. The molecule has 21 heavy (non-hydrogen) atoms. The molecule has 0 unspecified atom stereocenters. The van der Waals surface area contributed by atoms with Crippen LogP contribution in [0.2, 0.25) is 0 Å². The first-order valence-corrected chi connectivity index (χ1v) is 6.49. The number of alkyl halides is 3. The number of nitrogens with one attached hydrogen (secondary N) is 2. The first-order chi connectivity index (χ1) is 9.99. The second kappa shape index (κ2) is 6.43. The molecule has 2 aromatic rings. The fraction of sp³-hybridized carbons (Fsp3) is 0.286. The molecule has 0 aliphatic heterocycles. The van der Waals surface area contributed by atoms with Crippen LogP contribution in [0.15, 0.2) is 36.7 Å². The maximum Gasteiger partial charge on any atom is 0.416 e. The summed E-state index contributed by atoms with van der Waals surface area (Å²) in [6, 6.07) is 6.62. The fourth-order valence-electron chi connectivity index (χ4n) is 1.70. The minimum atomic E-state index is -4.36. The zero-order chi connectivity index (χ0) is 15.3. The van der Waals surface area contributed by atoms with Crippen molar-refractivity contribution in [3.63, 3.8) is 0 Å². The maximum absolute atomic E-state index is 12.6. The molecule has 0 fully saturated rings. The van der Waals surface area contributed by atoms with Gasteiger partial charge in [0.2, 0.25) is 0 Å². The SMILES string of the molecule is CCCNc1cc(Nc2cccc(C(F)(F)F)c2)ncn1. The number of nitrogens with zero attached hydrogens (tertiary/aromatic N) is 2. The molecule has 2 rings (SSSR count). The molecule has 112 valence electrons. The van der Waals surface area contributed by atoms with E-state index in [0.717, 1.165) is 25.1 Å². The zero-order valence-electron chi connectivity index (χ0n) is 11.4. The summed E-state index contributed by atoms with van der Waals surface area (Å²) in [6.07, 6.45) is -2.06. The lowest BCUT2D eigenvalue weighted by molar-refractivity contribution is -0.137. The average molecular weight is 296 g/mol. The number of benzene rings is 1. The average Bonchev–Trinajstić information content (AvgIpc) is 2.45. The van der Waals surface area contributed by atoms with Crippen molar-refractivity contribution in [2.75, 3.05) is 17.2 Å². The van der Waals surface area contributed by atoms with Crippen LogP contribution in [-0.4, -0.2) is 16.5 Å². The summed E-state index contributed by atoms with van der Waals surface area (Å²) in [6.45, 7) is 2.79. The molecular weight excluding hydrogens is 281 g/mol. The molecule has 1 aromatic heterocycles. The third-order valence-electron chi connectivity index (χ3n) is 2.69. The van der Waals surface area contributed by atoms with Gasteiger partial charge in [-0.15, -0.1) is 0 Å². The smallest absolute Gasteiger partial charge is 0.370 e. The van der Waals surface area contributed by atoms with Crippen LogP contribution in [0.25, 0.3) is 0 Å². The minimum absolute atomic E-state index is 0.324. The molecule has 1 aromatic carbocycles. The Morgan fingerprint density at radius 2 is 1.86 bits per heavy atom. The van der Waals surface area contributed by atoms with Crippen molar-refractivity contribution in [1.82, 2.24) is 9.97 Å². The van der Waals surface area contributed by atoms with Crippen LogP contribution in [0, 0.1) is 0 Å². The lowest BCUT2D eigenvalue weighted by Gasteiger charge is -2.11. The molecular formula is C14H15F3N4. The van der Waals surface area contributed by atoms with Crippen LogP contribution in [0.5, 0.6) is 0 Å². The summed E-state index contributed by atoms with van der Waals surface area (Å²) in [7, 11) is 0. The van der Waals surface area contributed by atoms with Gasteiger partial charge in [-0.3, -0.25) is 0 Å². The molecule has 0 aliphatic rings. The van der Waals surface area contributed by atoms with E-state index in [9.17, 15) is 13.2 Å². The molecule has 0 spiro atoms. The van der Waals surface area contributed by atoms with Gasteiger partial charge in [0, 0.05) is 18.3 Å². The quantitative estimate of drug-likeness (QED) is 0.873. The fourth-order valence-corrected chi connectivity index (χ4v) is 1.70. The molecule has 0 saturated heterocycles. The van der Waals surface area contributed by atoms with Gasteiger partial charge in [0.15, 0.2) is 0 Å². The molecule has 0 atom stereocenters. The van der Waals surface area contributed by atoms with E-state index in [0.29, 0.717) is 17.3 Å². The number of rotatable bonds is 5. The Hall–Kier alpha value is -2.31. The highest BCUT2D eigenvalue weighted by Crippen LogP contribution is 2.31. The summed E-state index contributed by atoms with van der Waals surface area (Å²) < 4.78 is 37.9. The molecule has 2 N–H and O–H groups in total. The molecule has 0 bridgehead atoms. The van der Waals surface area contributed by atoms with Gasteiger partial charge < -0.3 is 10.6 Å². The number of hydrogen-bond donors (Lipinski definition) is 2. The van der Waals surface area contributed by atoms with Crippen LogP contribution < -0.4 is 10.6 Å². The lowest BCUT2D eigenvalue weighted by atomic mass is 10.2. The minimum Gasteiger partial charge on any atom is -0.370 e. The summed E-state index contributed by atoms with van der Waals surface area (Å²) in [5.41, 5.74) is -0.379. The standard InChI is InChI=1S/C14H15F3N4/c1-2-6-18-12-8-13(20-9-19-12)21-11-5-3-4-10(7-11)14(15,16)17/h3-5,7-9H,2,6H2,1H3,(H2,18,19,20,21). The Kier molecular flexibility index (Phi) is 4.62. The van der Waals surface area contributed by atoms with Crippen molar-refractivity contribution in [3.8, 4) is 0 Å². The van der Waals surface area contributed by atoms with Crippen molar-refractivity contribution >= 4 is 17.3 Å². The van der Waals surface area contributed by atoms with Crippen LogP contribution in [0.3, 0.4) is 0 Å².